The molecule has 0 fully saturated rings. The Kier molecular flexibility index (Phi) is 4.28. The zero-order valence-electron chi connectivity index (χ0n) is 13.2. The maximum absolute atomic E-state index is 9.65. The first-order chi connectivity index (χ1) is 11.1. The average molecular weight is 309 g/mol. The Bertz CT molecular complexity index is 792. The van der Waals surface area contributed by atoms with Gasteiger partial charge in [-0.15, -0.1) is 0 Å². The third-order valence-corrected chi connectivity index (χ3v) is 3.78. The summed E-state index contributed by atoms with van der Waals surface area (Å²) < 4.78 is 5.93. The molecule has 118 valence electrons. The van der Waals surface area contributed by atoms with Crippen LogP contribution in [0.1, 0.15) is 17.0 Å². The molecule has 2 heterocycles. The first-order valence-electron chi connectivity index (χ1n) is 7.53. The van der Waals surface area contributed by atoms with Gasteiger partial charge in [0.05, 0.1) is 12.3 Å². The second-order valence-electron chi connectivity index (χ2n) is 5.41. The van der Waals surface area contributed by atoms with Crippen molar-refractivity contribution in [1.29, 1.82) is 0 Å². The largest absolute Gasteiger partial charge is 0.508 e. The van der Waals surface area contributed by atoms with Gasteiger partial charge in [-0.2, -0.15) is 5.10 Å². The van der Waals surface area contributed by atoms with Gasteiger partial charge in [-0.25, -0.2) is 0 Å². The number of hydrogen-bond donors (Lipinski definition) is 2. The second-order valence-corrected chi connectivity index (χ2v) is 5.41. The SMILES string of the molecule is Cc1n[nH]c(C)c1CCOc1cccnc1-c1cccc(O)c1. The third kappa shape index (κ3) is 3.34. The fraction of sp³-hybridized carbons (Fsp3) is 0.222. The first kappa shape index (κ1) is 15.1. The number of phenols is 1. The summed E-state index contributed by atoms with van der Waals surface area (Å²) in [5.41, 5.74) is 4.82. The minimum Gasteiger partial charge on any atom is -0.508 e. The molecule has 0 saturated carbocycles. The molecule has 0 radical (unpaired) electrons. The van der Waals surface area contributed by atoms with Crippen LogP contribution in [-0.2, 0) is 6.42 Å². The average Bonchev–Trinajstić information content (AvgIpc) is 2.87. The van der Waals surface area contributed by atoms with Crippen LogP contribution < -0.4 is 4.74 Å². The number of benzene rings is 1. The van der Waals surface area contributed by atoms with Crippen LogP contribution >= 0.6 is 0 Å². The van der Waals surface area contributed by atoms with Crippen LogP contribution in [0.25, 0.3) is 11.3 Å². The van der Waals surface area contributed by atoms with Gasteiger partial charge in [0, 0.05) is 23.9 Å². The number of rotatable bonds is 5. The second kappa shape index (κ2) is 6.52. The Morgan fingerprint density at radius 2 is 2.04 bits per heavy atom. The Morgan fingerprint density at radius 1 is 1.17 bits per heavy atom. The number of aromatic hydroxyl groups is 1. The molecule has 5 heteroatoms. The number of phenolic OH excluding ortho intramolecular Hbond substituents is 1. The van der Waals surface area contributed by atoms with Gasteiger partial charge in [0.1, 0.15) is 17.2 Å². The molecule has 3 rings (SSSR count). The van der Waals surface area contributed by atoms with E-state index >= 15 is 0 Å². The van der Waals surface area contributed by atoms with Crippen molar-refractivity contribution in [2.45, 2.75) is 20.3 Å². The molecular weight excluding hydrogens is 290 g/mol. The molecular formula is C18H19N3O2. The van der Waals surface area contributed by atoms with Crippen molar-refractivity contribution in [2.24, 2.45) is 0 Å². The van der Waals surface area contributed by atoms with E-state index in [1.807, 2.05) is 32.0 Å². The van der Waals surface area contributed by atoms with E-state index in [2.05, 4.69) is 15.2 Å². The summed E-state index contributed by atoms with van der Waals surface area (Å²) in [5.74, 6) is 0.917. The third-order valence-electron chi connectivity index (χ3n) is 3.78. The maximum Gasteiger partial charge on any atom is 0.145 e. The van der Waals surface area contributed by atoms with Crippen LogP contribution in [0.2, 0.25) is 0 Å². The smallest absolute Gasteiger partial charge is 0.145 e. The molecule has 1 aromatic carbocycles. The van der Waals surface area contributed by atoms with Crippen LogP contribution in [0, 0.1) is 13.8 Å². The number of hydrogen-bond acceptors (Lipinski definition) is 4. The lowest BCUT2D eigenvalue weighted by Crippen LogP contribution is -2.04. The Hall–Kier alpha value is -2.82. The van der Waals surface area contributed by atoms with Gasteiger partial charge in [0.2, 0.25) is 0 Å². The summed E-state index contributed by atoms with van der Waals surface area (Å²) in [4.78, 5) is 4.39. The highest BCUT2D eigenvalue weighted by atomic mass is 16.5. The molecule has 2 N–H and O–H groups in total. The van der Waals surface area contributed by atoms with Gasteiger partial charge in [-0.05, 0) is 43.7 Å². The van der Waals surface area contributed by atoms with Crippen molar-refractivity contribution in [1.82, 2.24) is 15.2 Å². The summed E-state index contributed by atoms with van der Waals surface area (Å²) >= 11 is 0. The number of ether oxygens (including phenoxy) is 1. The molecule has 0 aliphatic rings. The molecule has 3 aromatic rings. The van der Waals surface area contributed by atoms with Crippen LogP contribution in [0.5, 0.6) is 11.5 Å². The number of aromatic nitrogens is 3. The van der Waals surface area contributed by atoms with Crippen LogP contribution in [-0.4, -0.2) is 26.9 Å². The molecule has 0 spiro atoms. The molecule has 0 aliphatic carbocycles. The molecule has 0 atom stereocenters. The molecule has 5 nitrogen and oxygen atoms in total. The summed E-state index contributed by atoms with van der Waals surface area (Å²) in [6.07, 6.45) is 2.50. The van der Waals surface area contributed by atoms with Crippen LogP contribution in [0.4, 0.5) is 0 Å². The fourth-order valence-electron chi connectivity index (χ4n) is 2.58. The van der Waals surface area contributed by atoms with Crippen molar-refractivity contribution in [3.05, 3.63) is 59.5 Å². The molecule has 0 saturated heterocycles. The summed E-state index contributed by atoms with van der Waals surface area (Å²) in [6, 6.07) is 10.7. The van der Waals surface area contributed by atoms with E-state index in [1.54, 1.807) is 24.4 Å². The first-order valence-corrected chi connectivity index (χ1v) is 7.53. The number of nitrogens with zero attached hydrogens (tertiary/aromatic N) is 2. The molecule has 2 aromatic heterocycles. The number of nitrogens with one attached hydrogen (secondary N) is 1. The number of H-pyrrole nitrogens is 1. The monoisotopic (exact) mass is 309 g/mol. The zero-order valence-corrected chi connectivity index (χ0v) is 13.2. The number of pyridine rings is 1. The van der Waals surface area contributed by atoms with E-state index in [4.69, 9.17) is 4.74 Å². The zero-order chi connectivity index (χ0) is 16.2. The minimum absolute atomic E-state index is 0.212. The predicted octanol–water partition coefficient (Wildman–Crippen LogP) is 3.42. The highest BCUT2D eigenvalue weighted by Gasteiger charge is 2.10. The quantitative estimate of drug-likeness (QED) is 0.757. The van der Waals surface area contributed by atoms with E-state index in [0.717, 1.165) is 29.1 Å². The van der Waals surface area contributed by atoms with Gasteiger partial charge in [-0.3, -0.25) is 10.1 Å². The molecule has 0 aliphatic heterocycles. The van der Waals surface area contributed by atoms with Gasteiger partial charge in [0.15, 0.2) is 0 Å². The fourth-order valence-corrected chi connectivity index (χ4v) is 2.58. The number of aromatic amines is 1. The van der Waals surface area contributed by atoms with Crippen molar-refractivity contribution >= 4 is 0 Å². The Labute approximate surface area is 135 Å². The highest BCUT2D eigenvalue weighted by molar-refractivity contribution is 5.67. The van der Waals surface area contributed by atoms with E-state index in [-0.39, 0.29) is 5.75 Å². The van der Waals surface area contributed by atoms with Gasteiger partial charge in [-0.1, -0.05) is 12.1 Å². The Balaban J connectivity index is 1.76. The lowest BCUT2D eigenvalue weighted by Gasteiger charge is -2.11. The molecule has 23 heavy (non-hydrogen) atoms. The number of aryl methyl sites for hydroxylation is 2. The van der Waals surface area contributed by atoms with Crippen molar-refractivity contribution in [3.63, 3.8) is 0 Å². The molecule has 0 unspecified atom stereocenters. The van der Waals surface area contributed by atoms with Gasteiger partial charge >= 0.3 is 0 Å². The highest BCUT2D eigenvalue weighted by Crippen LogP contribution is 2.29. The van der Waals surface area contributed by atoms with Crippen LogP contribution in [0.3, 0.4) is 0 Å². The van der Waals surface area contributed by atoms with Crippen molar-refractivity contribution < 1.29 is 9.84 Å². The van der Waals surface area contributed by atoms with Crippen molar-refractivity contribution in [3.8, 4) is 22.8 Å². The lowest BCUT2D eigenvalue weighted by atomic mass is 10.1. The Morgan fingerprint density at radius 3 is 2.78 bits per heavy atom. The van der Waals surface area contributed by atoms with Gasteiger partial charge in [0.25, 0.3) is 0 Å². The molecule has 0 bridgehead atoms. The van der Waals surface area contributed by atoms with Crippen LogP contribution in [0.15, 0.2) is 42.6 Å². The summed E-state index contributed by atoms with van der Waals surface area (Å²) in [6.45, 7) is 4.54. The van der Waals surface area contributed by atoms with E-state index in [0.29, 0.717) is 12.4 Å². The maximum atomic E-state index is 9.65. The van der Waals surface area contributed by atoms with E-state index in [9.17, 15) is 5.11 Å². The predicted molar refractivity (Wildman–Crippen MR) is 88.6 cm³/mol. The summed E-state index contributed by atoms with van der Waals surface area (Å²) in [7, 11) is 0. The van der Waals surface area contributed by atoms with E-state index < -0.39 is 0 Å². The summed E-state index contributed by atoms with van der Waals surface area (Å²) in [5, 5.41) is 16.8. The lowest BCUT2D eigenvalue weighted by molar-refractivity contribution is 0.321. The topological polar surface area (TPSA) is 71.0 Å². The standard InChI is InChI=1S/C18H19N3O2/c1-12-16(13(2)21-20-12)8-10-23-17-7-4-9-19-18(17)14-5-3-6-15(22)11-14/h3-7,9,11,22H,8,10H2,1-2H3,(H,20,21). The van der Waals surface area contributed by atoms with Gasteiger partial charge < -0.3 is 9.84 Å². The van der Waals surface area contributed by atoms with E-state index in [1.165, 1.54) is 5.56 Å². The normalized spacial score (nSPS) is 10.7. The minimum atomic E-state index is 0.212. The van der Waals surface area contributed by atoms with Crippen molar-refractivity contribution in [2.75, 3.05) is 6.61 Å². The molecule has 0 amide bonds.